The van der Waals surface area contributed by atoms with Crippen LogP contribution < -0.4 is 4.49 Å². The lowest BCUT2D eigenvalue weighted by molar-refractivity contribution is 0.399. The Morgan fingerprint density at radius 3 is 1.67 bits per heavy atom. The van der Waals surface area contributed by atoms with Gasteiger partial charge in [-0.3, -0.25) is 0 Å². The first-order valence-corrected chi connectivity index (χ1v) is 4.04. The molecule has 0 aromatic heterocycles. The van der Waals surface area contributed by atoms with Gasteiger partial charge in [0.05, 0.1) is 0 Å². The maximum Gasteiger partial charge on any atom is 0.0319 e. The zero-order chi connectivity index (χ0) is 7.91. The summed E-state index contributed by atoms with van der Waals surface area (Å²) in [6, 6.07) is 0. The Labute approximate surface area is 64.2 Å². The Bertz CT molecular complexity index is 55.4. The maximum absolute atomic E-state index is 7.00. The van der Waals surface area contributed by atoms with E-state index in [-0.39, 0.29) is 0 Å². The molecule has 0 saturated carbocycles. The number of hydrogen-bond donors (Lipinski definition) is 2. The first kappa shape index (κ1) is 12.4. The van der Waals surface area contributed by atoms with E-state index in [9.17, 15) is 0 Å². The first-order chi connectivity index (χ1) is 4.06. The standard InChI is InChI=1S/C4H12NPS.CH4O/c1-4(2,3)7-5-6;1-2/h5H,6H2,1-3H3;2H,1H3. The van der Waals surface area contributed by atoms with Gasteiger partial charge in [-0.2, -0.15) is 0 Å². The fraction of sp³-hybridized carbons (Fsp3) is 1.00. The quantitative estimate of drug-likeness (QED) is 0.460. The van der Waals surface area contributed by atoms with Crippen LogP contribution in [0.3, 0.4) is 0 Å². The predicted octanol–water partition coefficient (Wildman–Crippen LogP) is 1.42. The summed E-state index contributed by atoms with van der Waals surface area (Å²) in [6.45, 7) is 6.48. The molecule has 0 heterocycles. The number of aliphatic hydroxyl groups excluding tert-OH is 1. The zero-order valence-electron chi connectivity index (χ0n) is 6.43. The smallest absolute Gasteiger partial charge is 0.0319 e. The number of rotatable bonds is 1. The van der Waals surface area contributed by atoms with E-state index in [1.165, 1.54) is 0 Å². The second-order valence-corrected chi connectivity index (χ2v) is 4.70. The van der Waals surface area contributed by atoms with Gasteiger partial charge in [0.25, 0.3) is 0 Å². The number of nitrogens with one attached hydrogen (secondary N) is 1. The maximum atomic E-state index is 7.00. The second kappa shape index (κ2) is 6.81. The van der Waals surface area contributed by atoms with Crippen molar-refractivity contribution in [3.05, 3.63) is 0 Å². The van der Waals surface area contributed by atoms with Crippen molar-refractivity contribution in [1.29, 1.82) is 0 Å². The van der Waals surface area contributed by atoms with Crippen LogP contribution >= 0.6 is 21.3 Å². The van der Waals surface area contributed by atoms with E-state index in [0.717, 1.165) is 7.11 Å². The first-order valence-electron chi connectivity index (χ1n) is 2.64. The summed E-state index contributed by atoms with van der Waals surface area (Å²) in [6.07, 6.45) is 0. The van der Waals surface area contributed by atoms with Crippen LogP contribution in [0.25, 0.3) is 0 Å². The van der Waals surface area contributed by atoms with E-state index in [1.807, 2.05) is 0 Å². The van der Waals surface area contributed by atoms with Crippen molar-refractivity contribution in [3.8, 4) is 0 Å². The molecule has 4 heteroatoms. The normalized spacial score (nSPS) is 10.0. The van der Waals surface area contributed by atoms with Crippen LogP contribution in [0.5, 0.6) is 0 Å². The zero-order valence-corrected chi connectivity index (χ0v) is 8.40. The van der Waals surface area contributed by atoms with Crippen LogP contribution in [0.2, 0.25) is 0 Å². The topological polar surface area (TPSA) is 32.3 Å². The summed E-state index contributed by atoms with van der Waals surface area (Å²) >= 11 is 1.70. The molecule has 0 spiro atoms. The molecule has 0 fully saturated rings. The van der Waals surface area contributed by atoms with Gasteiger partial charge in [-0.15, -0.1) is 0 Å². The van der Waals surface area contributed by atoms with Crippen molar-refractivity contribution in [1.82, 2.24) is 4.49 Å². The summed E-state index contributed by atoms with van der Waals surface area (Å²) in [7, 11) is 3.45. The van der Waals surface area contributed by atoms with Crippen LogP contribution in [0.4, 0.5) is 0 Å². The second-order valence-electron chi connectivity index (χ2n) is 2.33. The average Bonchev–Trinajstić information content (AvgIpc) is 1.69. The monoisotopic (exact) mass is 169 g/mol. The summed E-state index contributed by atoms with van der Waals surface area (Å²) < 4.78 is 3.28. The average molecular weight is 169 g/mol. The van der Waals surface area contributed by atoms with Gasteiger partial charge in [-0.05, 0) is 20.8 Å². The molecular weight excluding hydrogens is 153 g/mol. The van der Waals surface area contributed by atoms with Crippen LogP contribution in [0.1, 0.15) is 20.8 Å². The molecule has 2 nitrogen and oxygen atoms in total. The van der Waals surface area contributed by atoms with E-state index < -0.39 is 0 Å². The highest BCUT2D eigenvalue weighted by atomic mass is 32.2. The predicted molar refractivity (Wildman–Crippen MR) is 48.3 cm³/mol. The molecule has 0 aliphatic heterocycles. The highest BCUT2D eigenvalue weighted by Crippen LogP contribution is 2.19. The van der Waals surface area contributed by atoms with Crippen molar-refractivity contribution in [2.24, 2.45) is 0 Å². The number of hydrogen-bond acceptors (Lipinski definition) is 3. The third kappa shape index (κ3) is 17.7. The van der Waals surface area contributed by atoms with Crippen molar-refractivity contribution in [2.45, 2.75) is 25.5 Å². The summed E-state index contributed by atoms with van der Waals surface area (Å²) in [5.74, 6) is 0. The fourth-order valence-electron chi connectivity index (χ4n) is 0.177. The van der Waals surface area contributed by atoms with Gasteiger partial charge < -0.3 is 5.11 Å². The molecule has 0 radical (unpaired) electrons. The molecule has 58 valence electrons. The van der Waals surface area contributed by atoms with E-state index in [0.29, 0.717) is 4.75 Å². The van der Waals surface area contributed by atoms with Crippen LogP contribution in [-0.4, -0.2) is 17.0 Å². The lowest BCUT2D eigenvalue weighted by Crippen LogP contribution is -2.10. The molecule has 0 aliphatic rings. The molecule has 0 bridgehead atoms. The van der Waals surface area contributed by atoms with Gasteiger partial charge in [0.2, 0.25) is 0 Å². The molecule has 9 heavy (non-hydrogen) atoms. The Balaban J connectivity index is 0. The molecule has 1 atom stereocenters. The van der Waals surface area contributed by atoms with Crippen LogP contribution in [0, 0.1) is 0 Å². The fourth-order valence-corrected chi connectivity index (χ4v) is 1.59. The molecule has 0 saturated heterocycles. The van der Waals surface area contributed by atoms with Gasteiger partial charge in [0.1, 0.15) is 0 Å². The summed E-state index contributed by atoms with van der Waals surface area (Å²) in [5, 5.41) is 7.00. The molecule has 0 amide bonds. The van der Waals surface area contributed by atoms with E-state index in [1.54, 1.807) is 11.9 Å². The van der Waals surface area contributed by atoms with Crippen molar-refractivity contribution in [3.63, 3.8) is 0 Å². The minimum Gasteiger partial charge on any atom is -0.400 e. The van der Waals surface area contributed by atoms with Crippen molar-refractivity contribution < 1.29 is 5.11 Å². The molecule has 0 aromatic carbocycles. The van der Waals surface area contributed by atoms with Gasteiger partial charge >= 0.3 is 0 Å². The Kier molecular flexibility index (Phi) is 9.38. The third-order valence-electron chi connectivity index (χ3n) is 0.365. The number of aliphatic hydroxyl groups is 1. The minimum absolute atomic E-state index is 0.335. The van der Waals surface area contributed by atoms with Gasteiger partial charge in [-0.1, -0.05) is 21.3 Å². The molecule has 2 N–H and O–H groups in total. The SMILES string of the molecule is CC(C)(C)SNP.CO. The van der Waals surface area contributed by atoms with E-state index in [2.05, 4.69) is 34.7 Å². The van der Waals surface area contributed by atoms with Gasteiger partial charge in [0.15, 0.2) is 0 Å². The Morgan fingerprint density at radius 2 is 1.67 bits per heavy atom. The molecule has 0 rings (SSSR count). The van der Waals surface area contributed by atoms with Gasteiger partial charge in [-0.25, -0.2) is 4.49 Å². The van der Waals surface area contributed by atoms with Crippen LogP contribution in [0.15, 0.2) is 0 Å². The molecule has 1 unspecified atom stereocenters. The largest absolute Gasteiger partial charge is 0.400 e. The van der Waals surface area contributed by atoms with Crippen LogP contribution in [-0.2, 0) is 0 Å². The third-order valence-corrected chi connectivity index (χ3v) is 1.45. The van der Waals surface area contributed by atoms with E-state index >= 15 is 0 Å². The highest BCUT2D eigenvalue weighted by Gasteiger charge is 2.07. The minimum atomic E-state index is 0.335. The van der Waals surface area contributed by atoms with E-state index in [4.69, 9.17) is 5.11 Å². The molecule has 0 aliphatic carbocycles. The highest BCUT2D eigenvalue weighted by molar-refractivity contribution is 8.01. The van der Waals surface area contributed by atoms with Crippen molar-refractivity contribution in [2.75, 3.05) is 7.11 Å². The summed E-state index contributed by atoms with van der Waals surface area (Å²) in [5.41, 5.74) is 0. The van der Waals surface area contributed by atoms with Crippen molar-refractivity contribution >= 4 is 21.3 Å². The molecule has 0 aromatic rings. The Morgan fingerprint density at radius 1 is 1.33 bits per heavy atom. The summed E-state index contributed by atoms with van der Waals surface area (Å²) in [4.78, 5) is 0. The lowest BCUT2D eigenvalue weighted by Gasteiger charge is -2.14. The Hall–Kier alpha value is 0.700. The molecular formula is C5H16NOPS. The van der Waals surface area contributed by atoms with Gasteiger partial charge in [0, 0.05) is 11.9 Å². The lowest BCUT2D eigenvalue weighted by atomic mass is 10.3.